The van der Waals surface area contributed by atoms with E-state index in [1.165, 1.54) is 13.4 Å². The molecule has 2 heterocycles. The maximum atomic E-state index is 11.5. The molecule has 82 valence electrons. The standard InChI is InChI=1S/C11H14O4/c1-13-10(12)8-5-15-11-9-6(4-14-11)2-3-7(8)9/h5-7,9,11H,2-4H2,1H3/t6-,7+,9+,11-/m0/s1. The first-order valence-corrected chi connectivity index (χ1v) is 5.36. The zero-order chi connectivity index (χ0) is 10.4. The van der Waals surface area contributed by atoms with Crippen LogP contribution in [0.5, 0.6) is 0 Å². The van der Waals surface area contributed by atoms with Crippen LogP contribution in [-0.4, -0.2) is 26.0 Å². The Balaban J connectivity index is 1.90. The van der Waals surface area contributed by atoms with E-state index in [1.807, 2.05) is 0 Å². The van der Waals surface area contributed by atoms with E-state index < -0.39 is 0 Å². The lowest BCUT2D eigenvalue weighted by Crippen LogP contribution is -2.32. The van der Waals surface area contributed by atoms with E-state index in [0.29, 0.717) is 17.4 Å². The quantitative estimate of drug-likeness (QED) is 0.607. The summed E-state index contributed by atoms with van der Waals surface area (Å²) in [4.78, 5) is 11.5. The van der Waals surface area contributed by atoms with Crippen LogP contribution < -0.4 is 0 Å². The average molecular weight is 210 g/mol. The van der Waals surface area contributed by atoms with E-state index in [4.69, 9.17) is 14.2 Å². The van der Waals surface area contributed by atoms with Crippen molar-refractivity contribution in [2.75, 3.05) is 13.7 Å². The fourth-order valence-electron chi connectivity index (χ4n) is 3.08. The maximum Gasteiger partial charge on any atom is 0.337 e. The second-order valence-electron chi connectivity index (χ2n) is 4.42. The summed E-state index contributed by atoms with van der Waals surface area (Å²) in [6, 6.07) is 0. The fourth-order valence-corrected chi connectivity index (χ4v) is 3.08. The lowest BCUT2D eigenvalue weighted by molar-refractivity contribution is -0.141. The number of hydrogen-bond donors (Lipinski definition) is 0. The Morgan fingerprint density at radius 1 is 1.53 bits per heavy atom. The highest BCUT2D eigenvalue weighted by Crippen LogP contribution is 2.50. The second-order valence-corrected chi connectivity index (χ2v) is 4.42. The lowest BCUT2D eigenvalue weighted by Gasteiger charge is -2.29. The summed E-state index contributed by atoms with van der Waals surface area (Å²) in [5.41, 5.74) is 0.687. The molecule has 0 aromatic heterocycles. The molecule has 0 N–H and O–H groups in total. The molecule has 1 aliphatic carbocycles. The van der Waals surface area contributed by atoms with Crippen molar-refractivity contribution in [2.24, 2.45) is 17.8 Å². The number of ether oxygens (including phenoxy) is 3. The van der Waals surface area contributed by atoms with Gasteiger partial charge in [0.15, 0.2) is 0 Å². The van der Waals surface area contributed by atoms with Crippen molar-refractivity contribution in [2.45, 2.75) is 19.1 Å². The zero-order valence-corrected chi connectivity index (χ0v) is 8.64. The molecule has 0 unspecified atom stereocenters. The van der Waals surface area contributed by atoms with Crippen molar-refractivity contribution in [1.29, 1.82) is 0 Å². The molecule has 0 spiro atoms. The number of carbonyl (C=O) groups excluding carboxylic acids is 1. The van der Waals surface area contributed by atoms with Gasteiger partial charge in [-0.25, -0.2) is 4.79 Å². The van der Waals surface area contributed by atoms with Crippen molar-refractivity contribution >= 4 is 5.97 Å². The van der Waals surface area contributed by atoms with E-state index in [9.17, 15) is 4.79 Å². The molecule has 2 fully saturated rings. The van der Waals surface area contributed by atoms with Gasteiger partial charge in [0, 0.05) is 11.8 Å². The molecule has 0 aromatic carbocycles. The lowest BCUT2D eigenvalue weighted by atomic mass is 9.85. The summed E-state index contributed by atoms with van der Waals surface area (Å²) in [6.07, 6.45) is 3.59. The Labute approximate surface area is 88.2 Å². The van der Waals surface area contributed by atoms with Crippen LogP contribution >= 0.6 is 0 Å². The first-order chi connectivity index (χ1) is 7.31. The summed E-state index contributed by atoms with van der Waals surface area (Å²) in [5, 5.41) is 0. The molecule has 0 amide bonds. The van der Waals surface area contributed by atoms with Gasteiger partial charge in [0.2, 0.25) is 6.29 Å². The molecular formula is C11H14O4. The number of methoxy groups -OCH3 is 1. The monoisotopic (exact) mass is 210 g/mol. The number of carbonyl (C=O) groups is 1. The minimum atomic E-state index is -0.258. The van der Waals surface area contributed by atoms with Crippen molar-refractivity contribution in [3.8, 4) is 0 Å². The largest absolute Gasteiger partial charge is 0.472 e. The molecule has 0 bridgehead atoms. The number of esters is 1. The van der Waals surface area contributed by atoms with Gasteiger partial charge in [-0.05, 0) is 18.8 Å². The van der Waals surface area contributed by atoms with Gasteiger partial charge in [-0.15, -0.1) is 0 Å². The smallest absolute Gasteiger partial charge is 0.337 e. The second kappa shape index (κ2) is 3.23. The van der Waals surface area contributed by atoms with Crippen LogP contribution in [0.1, 0.15) is 12.8 Å². The van der Waals surface area contributed by atoms with Crippen LogP contribution in [0.2, 0.25) is 0 Å². The Hall–Kier alpha value is -1.03. The molecular weight excluding hydrogens is 196 g/mol. The molecule has 0 radical (unpaired) electrons. The molecule has 4 nitrogen and oxygen atoms in total. The third-order valence-corrected chi connectivity index (χ3v) is 3.80. The van der Waals surface area contributed by atoms with Crippen LogP contribution in [0.3, 0.4) is 0 Å². The molecule has 15 heavy (non-hydrogen) atoms. The van der Waals surface area contributed by atoms with Crippen LogP contribution in [0, 0.1) is 17.8 Å². The minimum Gasteiger partial charge on any atom is -0.472 e. The van der Waals surface area contributed by atoms with Crippen LogP contribution in [0.25, 0.3) is 0 Å². The molecule has 4 atom stereocenters. The Morgan fingerprint density at radius 2 is 2.40 bits per heavy atom. The van der Waals surface area contributed by atoms with E-state index in [0.717, 1.165) is 19.4 Å². The maximum absolute atomic E-state index is 11.5. The van der Waals surface area contributed by atoms with Crippen molar-refractivity contribution in [3.63, 3.8) is 0 Å². The minimum absolute atomic E-state index is 0.129. The van der Waals surface area contributed by atoms with E-state index >= 15 is 0 Å². The van der Waals surface area contributed by atoms with Crippen LogP contribution in [0.4, 0.5) is 0 Å². The SMILES string of the molecule is COC(=O)C1=CO[C@@H]2OC[C@@H]3CC[C@H]1[C@@H]32. The first-order valence-electron chi connectivity index (χ1n) is 5.36. The van der Waals surface area contributed by atoms with Gasteiger partial charge in [-0.3, -0.25) is 0 Å². The molecule has 2 aliphatic heterocycles. The topological polar surface area (TPSA) is 44.8 Å². The van der Waals surface area contributed by atoms with Gasteiger partial charge in [0.05, 0.1) is 25.6 Å². The van der Waals surface area contributed by atoms with Crippen molar-refractivity contribution in [1.82, 2.24) is 0 Å². The van der Waals surface area contributed by atoms with E-state index in [-0.39, 0.29) is 18.2 Å². The third kappa shape index (κ3) is 1.21. The highest BCUT2D eigenvalue weighted by Gasteiger charge is 2.52. The first kappa shape index (κ1) is 9.21. The summed E-state index contributed by atoms with van der Waals surface area (Å²) < 4.78 is 15.7. The van der Waals surface area contributed by atoms with Crippen molar-refractivity contribution in [3.05, 3.63) is 11.8 Å². The predicted octanol–water partition coefficient (Wildman–Crippen LogP) is 1.07. The molecule has 3 aliphatic rings. The summed E-state index contributed by atoms with van der Waals surface area (Å²) in [7, 11) is 1.41. The van der Waals surface area contributed by atoms with Gasteiger partial charge in [-0.1, -0.05) is 0 Å². The van der Waals surface area contributed by atoms with Gasteiger partial charge in [0.1, 0.15) is 0 Å². The Morgan fingerprint density at radius 3 is 3.20 bits per heavy atom. The Kier molecular flexibility index (Phi) is 1.99. The number of rotatable bonds is 1. The molecule has 1 saturated carbocycles. The van der Waals surface area contributed by atoms with Gasteiger partial charge in [-0.2, -0.15) is 0 Å². The number of hydrogen-bond acceptors (Lipinski definition) is 4. The average Bonchev–Trinajstić information content (AvgIpc) is 2.86. The molecule has 0 aromatic rings. The Bertz CT molecular complexity index is 323. The molecule has 4 heteroatoms. The van der Waals surface area contributed by atoms with E-state index in [1.54, 1.807) is 0 Å². The van der Waals surface area contributed by atoms with Gasteiger partial charge < -0.3 is 14.2 Å². The fraction of sp³-hybridized carbons (Fsp3) is 0.727. The van der Waals surface area contributed by atoms with Crippen LogP contribution in [-0.2, 0) is 19.0 Å². The van der Waals surface area contributed by atoms with Crippen molar-refractivity contribution < 1.29 is 19.0 Å². The highest BCUT2D eigenvalue weighted by molar-refractivity contribution is 5.89. The van der Waals surface area contributed by atoms with E-state index in [2.05, 4.69) is 0 Å². The van der Waals surface area contributed by atoms with Gasteiger partial charge >= 0.3 is 5.97 Å². The summed E-state index contributed by atoms with van der Waals surface area (Å²) >= 11 is 0. The zero-order valence-electron chi connectivity index (χ0n) is 8.64. The normalized spacial score (nSPS) is 41.8. The summed E-state index contributed by atoms with van der Waals surface area (Å²) in [6.45, 7) is 0.772. The highest BCUT2D eigenvalue weighted by atomic mass is 16.7. The summed E-state index contributed by atoms with van der Waals surface area (Å²) in [5.74, 6) is 0.951. The molecule has 1 saturated heterocycles. The predicted molar refractivity (Wildman–Crippen MR) is 50.6 cm³/mol. The third-order valence-electron chi connectivity index (χ3n) is 3.80. The molecule has 3 rings (SSSR count). The van der Waals surface area contributed by atoms with Crippen LogP contribution in [0.15, 0.2) is 11.8 Å². The van der Waals surface area contributed by atoms with Gasteiger partial charge in [0.25, 0.3) is 0 Å².